The van der Waals surface area contributed by atoms with Gasteiger partial charge in [0.05, 0.1) is 13.3 Å². The van der Waals surface area contributed by atoms with Gasteiger partial charge in [-0.05, 0) is 13.0 Å². The Balaban J connectivity index is 2.48. The number of nitrogens with zero attached hydrogens (tertiary/aromatic N) is 2. The largest absolute Gasteiger partial charge is 0.493 e. The molecule has 1 N–H and O–H groups in total. The van der Waals surface area contributed by atoms with E-state index in [1.165, 1.54) is 0 Å². The van der Waals surface area contributed by atoms with Gasteiger partial charge in [0.15, 0.2) is 5.75 Å². The first kappa shape index (κ1) is 12.9. The van der Waals surface area contributed by atoms with Gasteiger partial charge in [0.2, 0.25) is 0 Å². The van der Waals surface area contributed by atoms with Gasteiger partial charge < -0.3 is 9.84 Å². The highest BCUT2D eigenvalue weighted by Crippen LogP contribution is 2.33. The summed E-state index contributed by atoms with van der Waals surface area (Å²) < 4.78 is 6.93. The molecule has 96 valence electrons. The van der Waals surface area contributed by atoms with Crippen LogP contribution in [0.5, 0.6) is 5.75 Å². The van der Waals surface area contributed by atoms with Gasteiger partial charge in [-0.25, -0.2) is 0 Å². The van der Waals surface area contributed by atoms with Crippen LogP contribution in [-0.4, -0.2) is 22.0 Å². The van der Waals surface area contributed by atoms with E-state index in [1.807, 2.05) is 19.1 Å². The van der Waals surface area contributed by atoms with E-state index >= 15 is 0 Å². The maximum Gasteiger partial charge on any atom is 0.163 e. The molecule has 0 fully saturated rings. The number of hydrogen-bond acceptors (Lipinski definition) is 3. The first-order valence-electron chi connectivity index (χ1n) is 5.71. The quantitative estimate of drug-likeness (QED) is 0.925. The number of rotatable bonds is 4. The third-order valence-electron chi connectivity index (χ3n) is 2.82. The predicted molar refractivity (Wildman–Crippen MR) is 70.0 cm³/mol. The van der Waals surface area contributed by atoms with Crippen LogP contribution in [0.3, 0.4) is 0 Å². The number of aromatic nitrogens is 2. The Morgan fingerprint density at radius 1 is 1.44 bits per heavy atom. The molecule has 0 amide bonds. The van der Waals surface area contributed by atoms with Gasteiger partial charge >= 0.3 is 0 Å². The fourth-order valence-corrected chi connectivity index (χ4v) is 2.15. The molecule has 0 spiro atoms. The molecule has 0 aliphatic rings. The van der Waals surface area contributed by atoms with Crippen molar-refractivity contribution in [1.82, 2.24) is 9.78 Å². The third-order valence-corrected chi connectivity index (χ3v) is 3.17. The predicted octanol–water partition coefficient (Wildman–Crippen LogP) is 2.65. The lowest BCUT2D eigenvalue weighted by Crippen LogP contribution is -2.10. The van der Waals surface area contributed by atoms with Gasteiger partial charge in [-0.3, -0.25) is 4.68 Å². The van der Waals surface area contributed by atoms with Gasteiger partial charge in [-0.1, -0.05) is 29.8 Å². The Morgan fingerprint density at radius 2 is 2.17 bits per heavy atom. The van der Waals surface area contributed by atoms with Crippen molar-refractivity contribution in [2.45, 2.75) is 19.6 Å². The zero-order valence-electron chi connectivity index (χ0n) is 10.3. The van der Waals surface area contributed by atoms with E-state index in [0.29, 0.717) is 28.6 Å². The molecular weight excluding hydrogens is 252 g/mol. The minimum atomic E-state index is -0.851. The molecule has 1 aromatic heterocycles. The van der Waals surface area contributed by atoms with E-state index < -0.39 is 6.10 Å². The van der Waals surface area contributed by atoms with E-state index in [9.17, 15) is 5.11 Å². The average molecular weight is 267 g/mol. The molecule has 2 rings (SSSR count). The zero-order chi connectivity index (χ0) is 13.1. The zero-order valence-corrected chi connectivity index (χ0v) is 11.1. The summed E-state index contributed by atoms with van der Waals surface area (Å²) in [6.45, 7) is 2.61. The molecule has 0 radical (unpaired) electrons. The standard InChI is InChI=1S/C13H15ClN2O2/c1-3-16-12(11(18-2)8-15-16)13(17)9-6-4-5-7-10(9)14/h4-8,13,17H,3H2,1-2H3. The van der Waals surface area contributed by atoms with Crippen LogP contribution in [0.4, 0.5) is 0 Å². The highest BCUT2D eigenvalue weighted by atomic mass is 35.5. The summed E-state index contributed by atoms with van der Waals surface area (Å²) >= 11 is 6.10. The van der Waals surface area contributed by atoms with Crippen molar-refractivity contribution < 1.29 is 9.84 Å². The summed E-state index contributed by atoms with van der Waals surface area (Å²) in [6, 6.07) is 7.20. The summed E-state index contributed by atoms with van der Waals surface area (Å²) in [7, 11) is 1.56. The van der Waals surface area contributed by atoms with Crippen LogP contribution in [0, 0.1) is 0 Å². The second-order valence-electron chi connectivity index (χ2n) is 3.84. The number of halogens is 1. The minimum Gasteiger partial charge on any atom is -0.493 e. The fourth-order valence-electron chi connectivity index (χ4n) is 1.91. The molecule has 0 saturated heterocycles. The number of methoxy groups -OCH3 is 1. The van der Waals surface area contributed by atoms with Gasteiger partial charge in [0.1, 0.15) is 11.8 Å². The molecule has 5 heteroatoms. The first-order chi connectivity index (χ1) is 8.69. The highest BCUT2D eigenvalue weighted by molar-refractivity contribution is 6.31. The smallest absolute Gasteiger partial charge is 0.163 e. The second-order valence-corrected chi connectivity index (χ2v) is 4.25. The van der Waals surface area contributed by atoms with Crippen molar-refractivity contribution in [2.75, 3.05) is 7.11 Å². The minimum absolute atomic E-state index is 0.524. The lowest BCUT2D eigenvalue weighted by atomic mass is 10.1. The normalized spacial score (nSPS) is 12.4. The summed E-state index contributed by atoms with van der Waals surface area (Å²) in [5.74, 6) is 0.560. The van der Waals surface area contributed by atoms with Gasteiger partial charge in [-0.15, -0.1) is 0 Å². The van der Waals surface area contributed by atoms with E-state index in [1.54, 1.807) is 30.1 Å². The summed E-state index contributed by atoms with van der Waals surface area (Å²) in [5.41, 5.74) is 1.26. The molecule has 1 aromatic carbocycles. The molecule has 1 heterocycles. The number of aryl methyl sites for hydroxylation is 1. The molecule has 1 unspecified atom stereocenters. The topological polar surface area (TPSA) is 47.3 Å². The molecule has 4 nitrogen and oxygen atoms in total. The van der Waals surface area contributed by atoms with Crippen LogP contribution < -0.4 is 4.74 Å². The Bertz CT molecular complexity index is 518. The fraction of sp³-hybridized carbons (Fsp3) is 0.308. The Labute approximate surface area is 111 Å². The number of aliphatic hydroxyl groups excluding tert-OH is 1. The van der Waals surface area contributed by atoms with Crippen LogP contribution in [0.15, 0.2) is 30.5 Å². The van der Waals surface area contributed by atoms with Crippen LogP contribution in [0.25, 0.3) is 0 Å². The summed E-state index contributed by atoms with van der Waals surface area (Å²) in [6.07, 6.45) is 0.745. The first-order valence-corrected chi connectivity index (χ1v) is 6.09. The van der Waals surface area contributed by atoms with E-state index in [2.05, 4.69) is 5.10 Å². The summed E-state index contributed by atoms with van der Waals surface area (Å²) in [5, 5.41) is 15.2. The molecule has 1 atom stereocenters. The molecule has 0 bridgehead atoms. The SMILES string of the molecule is CCn1ncc(OC)c1C(O)c1ccccc1Cl. The molecule has 18 heavy (non-hydrogen) atoms. The third kappa shape index (κ3) is 2.21. The van der Waals surface area contributed by atoms with E-state index in [0.717, 1.165) is 0 Å². The molecule has 0 saturated carbocycles. The van der Waals surface area contributed by atoms with Crippen molar-refractivity contribution in [2.24, 2.45) is 0 Å². The highest BCUT2D eigenvalue weighted by Gasteiger charge is 2.22. The van der Waals surface area contributed by atoms with Crippen molar-refractivity contribution in [1.29, 1.82) is 0 Å². The Hall–Kier alpha value is -1.52. The lowest BCUT2D eigenvalue weighted by molar-refractivity contribution is 0.202. The molecule has 0 aliphatic heterocycles. The second kappa shape index (κ2) is 5.42. The lowest BCUT2D eigenvalue weighted by Gasteiger charge is -2.15. The molecule has 2 aromatic rings. The van der Waals surface area contributed by atoms with Crippen molar-refractivity contribution >= 4 is 11.6 Å². The van der Waals surface area contributed by atoms with Gasteiger partial charge in [0, 0.05) is 17.1 Å². The number of benzene rings is 1. The average Bonchev–Trinajstić information content (AvgIpc) is 2.81. The number of ether oxygens (including phenoxy) is 1. The van der Waals surface area contributed by atoms with Crippen molar-refractivity contribution in [3.63, 3.8) is 0 Å². The molecule has 0 aliphatic carbocycles. The molecular formula is C13H15ClN2O2. The summed E-state index contributed by atoms with van der Waals surface area (Å²) in [4.78, 5) is 0. The van der Waals surface area contributed by atoms with Crippen LogP contribution >= 0.6 is 11.6 Å². The number of hydrogen-bond donors (Lipinski definition) is 1. The van der Waals surface area contributed by atoms with E-state index in [4.69, 9.17) is 16.3 Å². The van der Waals surface area contributed by atoms with Crippen LogP contribution in [0.1, 0.15) is 24.3 Å². The van der Waals surface area contributed by atoms with Crippen molar-refractivity contribution in [3.05, 3.63) is 46.7 Å². The van der Waals surface area contributed by atoms with Gasteiger partial charge in [-0.2, -0.15) is 5.10 Å². The maximum atomic E-state index is 10.5. The Morgan fingerprint density at radius 3 is 2.78 bits per heavy atom. The van der Waals surface area contributed by atoms with Crippen LogP contribution in [0.2, 0.25) is 5.02 Å². The van der Waals surface area contributed by atoms with E-state index in [-0.39, 0.29) is 0 Å². The van der Waals surface area contributed by atoms with Crippen molar-refractivity contribution in [3.8, 4) is 5.75 Å². The number of aliphatic hydroxyl groups is 1. The monoisotopic (exact) mass is 266 g/mol. The van der Waals surface area contributed by atoms with Gasteiger partial charge in [0.25, 0.3) is 0 Å². The maximum absolute atomic E-state index is 10.5. The van der Waals surface area contributed by atoms with Crippen LogP contribution in [-0.2, 0) is 6.54 Å². The Kier molecular flexibility index (Phi) is 3.89.